The van der Waals surface area contributed by atoms with Crippen LogP contribution in [-0.4, -0.2) is 70.2 Å². The van der Waals surface area contributed by atoms with E-state index in [2.05, 4.69) is 35.1 Å². The van der Waals surface area contributed by atoms with E-state index in [0.717, 1.165) is 60.3 Å². The van der Waals surface area contributed by atoms with E-state index in [1.165, 1.54) is 5.56 Å². The van der Waals surface area contributed by atoms with E-state index in [0.29, 0.717) is 43.9 Å². The highest BCUT2D eigenvalue weighted by Gasteiger charge is 2.64. The van der Waals surface area contributed by atoms with E-state index in [1.54, 1.807) is 12.1 Å². The summed E-state index contributed by atoms with van der Waals surface area (Å²) in [6.45, 7) is 7.23. The number of allylic oxidation sites excluding steroid dienone is 1. The Kier molecular flexibility index (Phi) is 14.8. The van der Waals surface area contributed by atoms with Crippen molar-refractivity contribution in [2.45, 2.75) is 81.9 Å². The number of benzene rings is 2. The van der Waals surface area contributed by atoms with Gasteiger partial charge in [-0.15, -0.1) is 6.58 Å². The average molecular weight is 770 g/mol. The average Bonchev–Trinajstić information content (AvgIpc) is 3.20. The number of hydrogen-bond donors (Lipinski definition) is 3. The van der Waals surface area contributed by atoms with Gasteiger partial charge in [0.2, 0.25) is 5.79 Å². The molecule has 0 bridgehead atoms. The fraction of sp³-hybridized carbons (Fsp3) is 0.477. The van der Waals surface area contributed by atoms with Crippen molar-refractivity contribution in [3.8, 4) is 11.5 Å². The normalized spacial score (nSPS) is 24.5. The summed E-state index contributed by atoms with van der Waals surface area (Å²) in [7, 11) is 0. The summed E-state index contributed by atoms with van der Waals surface area (Å²) >= 11 is 1.82. The number of aliphatic hydroxyl groups is 2. The number of thioether (sulfide) groups is 1. The van der Waals surface area contributed by atoms with E-state index >= 15 is 0 Å². The molecular formula is C44H55N3O7S. The molecule has 10 nitrogen and oxygen atoms in total. The maximum atomic E-state index is 12.6. The summed E-state index contributed by atoms with van der Waals surface area (Å²) in [6.07, 6.45) is 13.6. The number of carbonyl (C=O) groups excluding carboxylic acids is 1. The molecule has 0 unspecified atom stereocenters. The number of aryl methyl sites for hydroxylation is 1. The van der Waals surface area contributed by atoms with Crippen molar-refractivity contribution >= 4 is 23.6 Å². The SMILES string of the molecule is C=CCO[C@@]12Oc3ccc(OC(=O)NCC)cc3[C@H]3[C@H](CCCCO)[C@@H](CCCCO)C=C(C(=NOCc4ccccc4)C[C@@H]1SCCc1ccncc1)[C@H]32. The molecule has 0 radical (unpaired) electrons. The molecule has 0 saturated heterocycles. The number of nitrogens with zero attached hydrogens (tertiary/aromatic N) is 2. The molecule has 2 aliphatic carbocycles. The van der Waals surface area contributed by atoms with E-state index in [1.807, 2.05) is 73.5 Å². The molecule has 1 aromatic heterocycles. The molecule has 3 N–H and O–H groups in total. The van der Waals surface area contributed by atoms with Crippen LogP contribution in [0.15, 0.2) is 103 Å². The van der Waals surface area contributed by atoms with Crippen molar-refractivity contribution in [1.29, 1.82) is 0 Å². The summed E-state index contributed by atoms with van der Waals surface area (Å²) < 4.78 is 20.0. The summed E-state index contributed by atoms with van der Waals surface area (Å²) in [5.41, 5.74) is 5.14. The van der Waals surface area contributed by atoms with Gasteiger partial charge in [-0.25, -0.2) is 4.79 Å². The second-order valence-corrected chi connectivity index (χ2v) is 15.7. The van der Waals surface area contributed by atoms with E-state index in [9.17, 15) is 15.0 Å². The van der Waals surface area contributed by atoms with Gasteiger partial charge in [0.1, 0.15) is 18.1 Å². The number of pyridine rings is 1. The molecule has 1 aliphatic heterocycles. The Morgan fingerprint density at radius 3 is 2.58 bits per heavy atom. The van der Waals surface area contributed by atoms with Crippen LogP contribution in [0.4, 0.5) is 4.79 Å². The molecule has 11 heteroatoms. The predicted molar refractivity (Wildman–Crippen MR) is 216 cm³/mol. The van der Waals surface area contributed by atoms with Crippen LogP contribution >= 0.6 is 11.8 Å². The van der Waals surface area contributed by atoms with Gasteiger partial charge < -0.3 is 34.6 Å². The Morgan fingerprint density at radius 2 is 1.84 bits per heavy atom. The Bertz CT molecular complexity index is 1760. The first-order valence-electron chi connectivity index (χ1n) is 19.7. The summed E-state index contributed by atoms with van der Waals surface area (Å²) in [6, 6.07) is 19.8. The number of ether oxygens (including phenoxy) is 3. The van der Waals surface area contributed by atoms with Crippen LogP contribution in [0.25, 0.3) is 0 Å². The summed E-state index contributed by atoms with van der Waals surface area (Å²) in [5, 5.41) is 27.2. The first-order chi connectivity index (χ1) is 27.0. The standard InChI is InChI=1S/C44H55N3O7S/c1-3-25-51-44-40(55-26-20-31-18-21-45-22-19-31)29-38(47-52-30-32-12-6-5-7-13-32)36-27-33(14-8-10-23-48)35(15-9-11-24-49)41(42(36)44)37-28-34(16-17-39(37)54-44)53-43(50)46-4-2/h3,5-7,12-13,16-19,21-22,27-28,33,35,40-42,48-49H,1,4,8-11,14-15,20,23-26,29-30H2,2H3,(H,46,50)/t33-,35+,40-,41+,42+,44+/m0/s1. The van der Waals surface area contributed by atoms with Gasteiger partial charge in [0.25, 0.3) is 0 Å². The van der Waals surface area contributed by atoms with Crippen molar-refractivity contribution in [1.82, 2.24) is 10.3 Å². The predicted octanol–water partition coefficient (Wildman–Crippen LogP) is 8.00. The molecule has 1 saturated carbocycles. The number of rotatable bonds is 20. The Labute approximate surface area is 329 Å². The van der Waals surface area contributed by atoms with E-state index < -0.39 is 11.9 Å². The molecule has 1 fully saturated rings. The van der Waals surface area contributed by atoms with Crippen LogP contribution < -0.4 is 14.8 Å². The molecule has 6 rings (SSSR count). The second kappa shape index (κ2) is 20.1. The smallest absolute Gasteiger partial charge is 0.412 e. The molecule has 55 heavy (non-hydrogen) atoms. The number of fused-ring (bicyclic) bond motifs is 2. The lowest BCUT2D eigenvalue weighted by Crippen LogP contribution is -2.64. The lowest BCUT2D eigenvalue weighted by molar-refractivity contribution is -0.223. The summed E-state index contributed by atoms with van der Waals surface area (Å²) in [5.74, 6) is 0.790. The van der Waals surface area contributed by atoms with Gasteiger partial charge in [0.15, 0.2) is 0 Å². The zero-order valence-corrected chi connectivity index (χ0v) is 32.6. The lowest BCUT2D eigenvalue weighted by atomic mass is 9.56. The Balaban J connectivity index is 1.49. The van der Waals surface area contributed by atoms with Crippen molar-refractivity contribution in [3.63, 3.8) is 0 Å². The van der Waals surface area contributed by atoms with Crippen molar-refractivity contribution in [3.05, 3.63) is 114 Å². The van der Waals surface area contributed by atoms with Crippen molar-refractivity contribution in [2.75, 3.05) is 32.1 Å². The van der Waals surface area contributed by atoms with Crippen LogP contribution in [0.3, 0.4) is 0 Å². The molecule has 0 spiro atoms. The number of hydrogen-bond acceptors (Lipinski definition) is 10. The minimum absolute atomic E-state index is 0.105. The number of aromatic nitrogens is 1. The number of aliphatic hydroxyl groups excluding tert-OH is 2. The second-order valence-electron chi connectivity index (χ2n) is 14.4. The van der Waals surface area contributed by atoms with Gasteiger partial charge in [-0.2, -0.15) is 11.8 Å². The molecular weight excluding hydrogens is 715 g/mol. The molecule has 294 valence electrons. The quantitative estimate of drug-likeness (QED) is 0.0595. The van der Waals surface area contributed by atoms with Gasteiger partial charge in [-0.05, 0) is 104 Å². The first-order valence-corrected chi connectivity index (χ1v) is 20.8. The molecule has 2 aromatic carbocycles. The van der Waals surface area contributed by atoms with Crippen LogP contribution in [-0.2, 0) is 22.6 Å². The maximum Gasteiger partial charge on any atom is 0.412 e. The lowest BCUT2D eigenvalue weighted by Gasteiger charge is -2.58. The fourth-order valence-corrected chi connectivity index (χ4v) is 9.86. The minimum Gasteiger partial charge on any atom is -0.460 e. The zero-order chi connectivity index (χ0) is 38.5. The topological polar surface area (TPSA) is 132 Å². The maximum absolute atomic E-state index is 12.6. The van der Waals surface area contributed by atoms with Gasteiger partial charge >= 0.3 is 6.09 Å². The van der Waals surface area contributed by atoms with Crippen LogP contribution in [0.2, 0.25) is 0 Å². The van der Waals surface area contributed by atoms with Gasteiger partial charge in [0.05, 0.1) is 23.5 Å². The number of amides is 1. The van der Waals surface area contributed by atoms with Gasteiger partial charge in [-0.3, -0.25) is 4.98 Å². The van der Waals surface area contributed by atoms with E-state index in [4.69, 9.17) is 24.2 Å². The number of nitrogens with one attached hydrogen (secondary N) is 1. The highest BCUT2D eigenvalue weighted by molar-refractivity contribution is 8.00. The Morgan fingerprint density at radius 1 is 1.05 bits per heavy atom. The van der Waals surface area contributed by atoms with Gasteiger partial charge in [-0.1, -0.05) is 60.5 Å². The van der Waals surface area contributed by atoms with Crippen LogP contribution in [0.1, 0.15) is 74.5 Å². The molecule has 1 amide bonds. The first kappa shape index (κ1) is 40.5. The fourth-order valence-electron chi connectivity index (χ4n) is 8.45. The highest BCUT2D eigenvalue weighted by Crippen LogP contribution is 2.62. The van der Waals surface area contributed by atoms with Gasteiger partial charge in [0, 0.05) is 50.1 Å². The van der Waals surface area contributed by atoms with Crippen molar-refractivity contribution in [2.24, 2.45) is 22.9 Å². The molecule has 2 heterocycles. The third-order valence-corrected chi connectivity index (χ3v) is 12.2. The van der Waals surface area contributed by atoms with E-state index in [-0.39, 0.29) is 48.7 Å². The third kappa shape index (κ3) is 9.81. The number of oxime groups is 1. The van der Waals surface area contributed by atoms with Crippen LogP contribution in [0, 0.1) is 17.8 Å². The largest absolute Gasteiger partial charge is 0.460 e. The molecule has 3 aromatic rings. The molecule has 3 aliphatic rings. The number of unbranched alkanes of at least 4 members (excludes halogenated alkanes) is 2. The molecule has 6 atom stereocenters. The van der Waals surface area contributed by atoms with Crippen LogP contribution in [0.5, 0.6) is 11.5 Å². The number of carbonyl (C=O) groups is 1. The summed E-state index contributed by atoms with van der Waals surface area (Å²) in [4.78, 5) is 23.0. The highest BCUT2D eigenvalue weighted by atomic mass is 32.2. The van der Waals surface area contributed by atoms with Crippen molar-refractivity contribution < 1.29 is 34.1 Å². The Hall–Kier alpha value is -4.16. The monoisotopic (exact) mass is 769 g/mol. The zero-order valence-electron chi connectivity index (χ0n) is 31.8. The minimum atomic E-state index is -1.08. The third-order valence-electron chi connectivity index (χ3n) is 10.9.